The third-order valence-corrected chi connectivity index (χ3v) is 4.40. The normalized spacial score (nSPS) is 16.3. The topological polar surface area (TPSA) is 59.8 Å². The van der Waals surface area contributed by atoms with Gasteiger partial charge in [-0.15, -0.1) is 0 Å². The third-order valence-electron chi connectivity index (χ3n) is 4.40. The molecule has 0 atom stereocenters. The third kappa shape index (κ3) is 5.36. The zero-order valence-electron chi connectivity index (χ0n) is 14.1. The van der Waals surface area contributed by atoms with Crippen LogP contribution in [0, 0.1) is 6.92 Å². The predicted octanol–water partition coefficient (Wildman–Crippen LogP) is 1.57. The summed E-state index contributed by atoms with van der Waals surface area (Å²) >= 11 is 0. The quantitative estimate of drug-likeness (QED) is 0.828. The van der Waals surface area contributed by atoms with Crippen molar-refractivity contribution in [3.63, 3.8) is 0 Å². The van der Waals surface area contributed by atoms with E-state index in [1.165, 1.54) is 44.1 Å². The molecule has 0 saturated carbocycles. The Morgan fingerprint density at radius 1 is 1.13 bits per heavy atom. The van der Waals surface area contributed by atoms with E-state index in [1.807, 2.05) is 13.0 Å². The zero-order valence-corrected chi connectivity index (χ0v) is 14.1. The molecule has 1 heterocycles. The van der Waals surface area contributed by atoms with Crippen molar-refractivity contribution in [1.82, 2.24) is 0 Å². The smallest absolute Gasteiger partial charge is 0.337 e. The standard InChI is InChI=1S/C18H26N2O3/c1-14-8-9-15(18(22)23-2)12-16(14)19-17(21)13-20-10-6-4-3-5-7-11-20/h8-9,12H,3-7,10-11,13H2,1-2H3,(H,19,21)/p+1. The number of amides is 1. The van der Waals surface area contributed by atoms with Crippen LogP contribution in [-0.4, -0.2) is 38.6 Å². The molecule has 23 heavy (non-hydrogen) atoms. The Morgan fingerprint density at radius 3 is 2.43 bits per heavy atom. The summed E-state index contributed by atoms with van der Waals surface area (Å²) in [6.07, 6.45) is 6.24. The average Bonchev–Trinajstić information content (AvgIpc) is 2.51. The number of carbonyl (C=O) groups is 2. The van der Waals surface area contributed by atoms with E-state index in [4.69, 9.17) is 4.74 Å². The molecule has 0 radical (unpaired) electrons. The maximum Gasteiger partial charge on any atom is 0.337 e. The average molecular weight is 319 g/mol. The first-order chi connectivity index (χ1) is 11.1. The molecule has 1 amide bonds. The van der Waals surface area contributed by atoms with Gasteiger partial charge < -0.3 is 15.0 Å². The number of ether oxygens (including phenoxy) is 1. The van der Waals surface area contributed by atoms with Crippen molar-refractivity contribution < 1.29 is 19.2 Å². The number of methoxy groups -OCH3 is 1. The summed E-state index contributed by atoms with van der Waals surface area (Å²) in [6.45, 7) is 4.53. The molecule has 5 nitrogen and oxygen atoms in total. The minimum Gasteiger partial charge on any atom is -0.465 e. The molecule has 2 N–H and O–H groups in total. The van der Waals surface area contributed by atoms with Crippen molar-refractivity contribution in [2.45, 2.75) is 39.0 Å². The van der Waals surface area contributed by atoms with Gasteiger partial charge in [-0.05, 0) is 50.3 Å². The van der Waals surface area contributed by atoms with Crippen LogP contribution in [0.15, 0.2) is 18.2 Å². The number of rotatable bonds is 4. The maximum absolute atomic E-state index is 12.3. The SMILES string of the molecule is COC(=O)c1ccc(C)c(NC(=O)C[NH+]2CCCCCCC2)c1. The monoisotopic (exact) mass is 319 g/mol. The molecule has 0 spiro atoms. The van der Waals surface area contributed by atoms with Crippen molar-refractivity contribution in [2.75, 3.05) is 32.1 Å². The van der Waals surface area contributed by atoms with Gasteiger partial charge in [0.1, 0.15) is 0 Å². The molecular weight excluding hydrogens is 292 g/mol. The molecule has 1 saturated heterocycles. The Balaban J connectivity index is 1.97. The Hall–Kier alpha value is -1.88. The highest BCUT2D eigenvalue weighted by Crippen LogP contribution is 2.17. The van der Waals surface area contributed by atoms with E-state index in [0.29, 0.717) is 17.8 Å². The molecule has 0 unspecified atom stereocenters. The minimum absolute atomic E-state index is 0.00527. The molecule has 126 valence electrons. The Kier molecular flexibility index (Phi) is 6.59. The van der Waals surface area contributed by atoms with Gasteiger partial charge in [-0.25, -0.2) is 4.79 Å². The van der Waals surface area contributed by atoms with E-state index in [0.717, 1.165) is 18.7 Å². The van der Waals surface area contributed by atoms with Gasteiger partial charge in [0.15, 0.2) is 6.54 Å². The lowest BCUT2D eigenvalue weighted by Gasteiger charge is -2.21. The van der Waals surface area contributed by atoms with E-state index in [2.05, 4.69) is 5.32 Å². The Morgan fingerprint density at radius 2 is 1.78 bits per heavy atom. The molecule has 5 heteroatoms. The first kappa shape index (κ1) is 17.5. The van der Waals surface area contributed by atoms with Crippen molar-refractivity contribution in [1.29, 1.82) is 0 Å². The van der Waals surface area contributed by atoms with Crippen LogP contribution in [0.2, 0.25) is 0 Å². The molecule has 0 aliphatic carbocycles. The molecule has 2 rings (SSSR count). The lowest BCUT2D eigenvalue weighted by atomic mass is 10.1. The van der Waals surface area contributed by atoms with Crippen LogP contribution >= 0.6 is 0 Å². The molecular formula is C18H27N2O3+. The lowest BCUT2D eigenvalue weighted by molar-refractivity contribution is -0.892. The summed E-state index contributed by atoms with van der Waals surface area (Å²) in [6, 6.07) is 5.22. The Bertz CT molecular complexity index is 549. The van der Waals surface area contributed by atoms with E-state index in [9.17, 15) is 9.59 Å². The second kappa shape index (κ2) is 8.67. The molecule has 0 bridgehead atoms. The van der Waals surface area contributed by atoms with E-state index < -0.39 is 5.97 Å². The van der Waals surface area contributed by atoms with Gasteiger partial charge in [0.2, 0.25) is 0 Å². The van der Waals surface area contributed by atoms with Gasteiger partial charge in [-0.3, -0.25) is 4.79 Å². The van der Waals surface area contributed by atoms with Gasteiger partial charge in [-0.2, -0.15) is 0 Å². The highest BCUT2D eigenvalue weighted by atomic mass is 16.5. The summed E-state index contributed by atoms with van der Waals surface area (Å²) in [5.74, 6) is -0.388. The molecule has 1 aromatic rings. The lowest BCUT2D eigenvalue weighted by Crippen LogP contribution is -3.13. The highest BCUT2D eigenvalue weighted by Gasteiger charge is 2.17. The van der Waals surface area contributed by atoms with Crippen molar-refractivity contribution >= 4 is 17.6 Å². The molecule has 0 aromatic heterocycles. The maximum atomic E-state index is 12.3. The summed E-state index contributed by atoms with van der Waals surface area (Å²) < 4.78 is 4.73. The van der Waals surface area contributed by atoms with Gasteiger partial charge >= 0.3 is 5.97 Å². The number of quaternary nitrogens is 1. The number of carbonyl (C=O) groups excluding carboxylic acids is 2. The van der Waals surface area contributed by atoms with Crippen LogP contribution in [-0.2, 0) is 9.53 Å². The molecule has 1 aromatic carbocycles. The first-order valence-corrected chi connectivity index (χ1v) is 8.42. The molecule has 1 aliphatic heterocycles. The number of nitrogens with one attached hydrogen (secondary N) is 2. The Labute approximate surface area is 138 Å². The van der Waals surface area contributed by atoms with Gasteiger partial charge in [0.05, 0.1) is 25.8 Å². The second-order valence-corrected chi connectivity index (χ2v) is 6.26. The number of aryl methyl sites for hydroxylation is 1. The number of hydrogen-bond acceptors (Lipinski definition) is 3. The number of likely N-dealkylation sites (tertiary alicyclic amines) is 1. The number of anilines is 1. The van der Waals surface area contributed by atoms with Crippen molar-refractivity contribution in [3.05, 3.63) is 29.3 Å². The van der Waals surface area contributed by atoms with Crippen molar-refractivity contribution in [2.24, 2.45) is 0 Å². The van der Waals surface area contributed by atoms with Gasteiger partial charge in [0, 0.05) is 5.69 Å². The molecule has 1 fully saturated rings. The van der Waals surface area contributed by atoms with Crippen LogP contribution in [0.5, 0.6) is 0 Å². The van der Waals surface area contributed by atoms with Gasteiger partial charge in [-0.1, -0.05) is 12.5 Å². The summed E-state index contributed by atoms with van der Waals surface area (Å²) in [7, 11) is 1.35. The van der Waals surface area contributed by atoms with Crippen LogP contribution in [0.3, 0.4) is 0 Å². The van der Waals surface area contributed by atoms with E-state index in [-0.39, 0.29) is 5.91 Å². The van der Waals surface area contributed by atoms with E-state index >= 15 is 0 Å². The number of benzene rings is 1. The van der Waals surface area contributed by atoms with Crippen LogP contribution in [0.1, 0.15) is 48.0 Å². The number of esters is 1. The first-order valence-electron chi connectivity index (χ1n) is 8.42. The zero-order chi connectivity index (χ0) is 16.7. The highest BCUT2D eigenvalue weighted by molar-refractivity contribution is 5.95. The fourth-order valence-electron chi connectivity index (χ4n) is 3.01. The fourth-order valence-corrected chi connectivity index (χ4v) is 3.01. The fraction of sp³-hybridized carbons (Fsp3) is 0.556. The van der Waals surface area contributed by atoms with E-state index in [1.54, 1.807) is 12.1 Å². The largest absolute Gasteiger partial charge is 0.465 e. The predicted molar refractivity (Wildman–Crippen MR) is 89.8 cm³/mol. The summed E-state index contributed by atoms with van der Waals surface area (Å²) in [5, 5.41) is 2.95. The summed E-state index contributed by atoms with van der Waals surface area (Å²) in [4.78, 5) is 25.3. The van der Waals surface area contributed by atoms with Gasteiger partial charge in [0.25, 0.3) is 5.91 Å². The van der Waals surface area contributed by atoms with Crippen LogP contribution < -0.4 is 10.2 Å². The van der Waals surface area contributed by atoms with Crippen LogP contribution in [0.4, 0.5) is 5.69 Å². The molecule has 1 aliphatic rings. The summed E-state index contributed by atoms with van der Waals surface area (Å²) in [5.41, 5.74) is 2.07. The minimum atomic E-state index is -0.394. The second-order valence-electron chi connectivity index (χ2n) is 6.26. The van der Waals surface area contributed by atoms with Crippen molar-refractivity contribution in [3.8, 4) is 0 Å². The van der Waals surface area contributed by atoms with Crippen LogP contribution in [0.25, 0.3) is 0 Å². The number of hydrogen-bond donors (Lipinski definition) is 2.